The molecule has 6 rings (SSSR count). The number of amides is 2. The summed E-state index contributed by atoms with van der Waals surface area (Å²) in [6.45, 7) is 2.24. The molecule has 0 spiro atoms. The maximum absolute atomic E-state index is 13.3. The van der Waals surface area contributed by atoms with E-state index < -0.39 is 6.10 Å². The van der Waals surface area contributed by atoms with Crippen LogP contribution in [0.15, 0.2) is 24.3 Å². The second-order valence-electron chi connectivity index (χ2n) is 9.48. The first kappa shape index (κ1) is 22.6. The van der Waals surface area contributed by atoms with Crippen LogP contribution in [-0.2, 0) is 23.8 Å². The zero-order chi connectivity index (χ0) is 22.6. The van der Waals surface area contributed by atoms with Gasteiger partial charge in [-0.2, -0.15) is 0 Å². The van der Waals surface area contributed by atoms with Crippen molar-refractivity contribution in [3.63, 3.8) is 0 Å². The van der Waals surface area contributed by atoms with Gasteiger partial charge in [0.05, 0.1) is 44.6 Å². The molecule has 2 unspecified atom stereocenters. The Hall–Kier alpha value is -2.16. The number of ether oxygens (including phenoxy) is 4. The lowest BCUT2D eigenvalue weighted by atomic mass is 9.82. The number of benzene rings is 1. The number of para-hydroxylation sites is 1. The average Bonchev–Trinajstić information content (AvgIpc) is 2.88. The van der Waals surface area contributed by atoms with Crippen molar-refractivity contribution in [2.45, 2.75) is 68.7 Å². The van der Waals surface area contributed by atoms with Gasteiger partial charge in [0.2, 0.25) is 0 Å². The second kappa shape index (κ2) is 10.4. The monoisotopic (exact) mass is 458 g/mol. The predicted octanol–water partition coefficient (Wildman–Crippen LogP) is 2.01. The van der Waals surface area contributed by atoms with Gasteiger partial charge in [-0.25, -0.2) is 0 Å². The Morgan fingerprint density at radius 1 is 1.00 bits per heavy atom. The maximum Gasteiger partial charge on any atom is 0.260 e. The first-order chi connectivity index (χ1) is 16.2. The minimum absolute atomic E-state index is 0.0100. The van der Waals surface area contributed by atoms with E-state index in [1.54, 1.807) is 0 Å². The van der Waals surface area contributed by atoms with Gasteiger partial charge in [0.15, 0.2) is 12.7 Å². The van der Waals surface area contributed by atoms with Crippen molar-refractivity contribution in [3.8, 4) is 5.75 Å². The summed E-state index contributed by atoms with van der Waals surface area (Å²) in [5.41, 5.74) is 1.19. The van der Waals surface area contributed by atoms with E-state index in [4.69, 9.17) is 18.9 Å². The van der Waals surface area contributed by atoms with E-state index in [1.165, 1.54) is 5.56 Å². The first-order valence-corrected chi connectivity index (χ1v) is 12.3. The van der Waals surface area contributed by atoms with Crippen molar-refractivity contribution < 1.29 is 28.5 Å². The molecule has 1 aliphatic carbocycles. The number of carbonyl (C=O) groups is 2. The highest BCUT2D eigenvalue weighted by molar-refractivity contribution is 5.82. The molecule has 8 heteroatoms. The van der Waals surface area contributed by atoms with Crippen LogP contribution >= 0.6 is 0 Å². The summed E-state index contributed by atoms with van der Waals surface area (Å²) in [6.07, 6.45) is 5.27. The summed E-state index contributed by atoms with van der Waals surface area (Å²) >= 11 is 0. The van der Waals surface area contributed by atoms with Crippen molar-refractivity contribution in [3.05, 3.63) is 29.8 Å². The summed E-state index contributed by atoms with van der Waals surface area (Å²) in [7, 11) is 0. The van der Waals surface area contributed by atoms with E-state index >= 15 is 0 Å². The topological polar surface area (TPSA) is 86.3 Å². The summed E-state index contributed by atoms with van der Waals surface area (Å²) in [5.74, 6) is 0.996. The van der Waals surface area contributed by atoms with Crippen LogP contribution in [-0.4, -0.2) is 80.6 Å². The molecule has 3 fully saturated rings. The molecule has 1 aromatic rings. The fourth-order valence-corrected chi connectivity index (χ4v) is 5.60. The number of piperidine rings is 1. The molecule has 180 valence electrons. The molecule has 0 aromatic heterocycles. The summed E-state index contributed by atoms with van der Waals surface area (Å²) in [6, 6.07) is 7.68. The van der Waals surface area contributed by atoms with Crippen LogP contribution in [0, 0.1) is 0 Å². The molecule has 0 radical (unpaired) electrons. The normalized spacial score (nSPS) is 32.9. The lowest BCUT2D eigenvalue weighted by molar-refractivity contribution is -0.151. The Labute approximate surface area is 194 Å². The van der Waals surface area contributed by atoms with Gasteiger partial charge in [-0.3, -0.25) is 9.59 Å². The Morgan fingerprint density at radius 2 is 1.85 bits per heavy atom. The van der Waals surface area contributed by atoms with Crippen LogP contribution in [0.3, 0.4) is 0 Å². The minimum Gasteiger partial charge on any atom is -0.483 e. The molecule has 1 N–H and O–H groups in total. The second-order valence-corrected chi connectivity index (χ2v) is 9.48. The Kier molecular flexibility index (Phi) is 7.13. The van der Waals surface area contributed by atoms with Crippen LogP contribution in [0.4, 0.5) is 0 Å². The third kappa shape index (κ3) is 5.18. The van der Waals surface area contributed by atoms with E-state index in [1.807, 2.05) is 23.1 Å². The van der Waals surface area contributed by atoms with E-state index in [0.717, 1.165) is 44.3 Å². The van der Waals surface area contributed by atoms with Gasteiger partial charge in [-0.1, -0.05) is 18.2 Å². The van der Waals surface area contributed by atoms with Gasteiger partial charge in [0, 0.05) is 6.54 Å². The molecular formula is C25H34N2O6. The predicted molar refractivity (Wildman–Crippen MR) is 120 cm³/mol. The van der Waals surface area contributed by atoms with Gasteiger partial charge >= 0.3 is 0 Å². The highest BCUT2D eigenvalue weighted by atomic mass is 16.6. The Morgan fingerprint density at radius 3 is 2.67 bits per heavy atom. The summed E-state index contributed by atoms with van der Waals surface area (Å²) < 4.78 is 23.4. The van der Waals surface area contributed by atoms with E-state index in [0.29, 0.717) is 32.3 Å². The van der Waals surface area contributed by atoms with Gasteiger partial charge in [-0.15, -0.1) is 0 Å². The number of nitrogens with zero attached hydrogens (tertiary/aromatic N) is 1. The average molecular weight is 459 g/mol. The van der Waals surface area contributed by atoms with Crippen molar-refractivity contribution in [1.82, 2.24) is 10.2 Å². The van der Waals surface area contributed by atoms with Crippen molar-refractivity contribution in [2.24, 2.45) is 0 Å². The zero-order valence-corrected chi connectivity index (χ0v) is 19.1. The lowest BCUT2D eigenvalue weighted by Gasteiger charge is -2.42. The van der Waals surface area contributed by atoms with Gasteiger partial charge in [0.1, 0.15) is 5.75 Å². The highest BCUT2D eigenvalue weighted by Crippen LogP contribution is 2.38. The molecule has 4 heterocycles. The van der Waals surface area contributed by atoms with E-state index in [9.17, 15) is 9.59 Å². The largest absolute Gasteiger partial charge is 0.483 e. The fourth-order valence-electron chi connectivity index (χ4n) is 5.60. The van der Waals surface area contributed by atoms with Crippen LogP contribution < -0.4 is 10.1 Å². The molecule has 1 aromatic carbocycles. The smallest absolute Gasteiger partial charge is 0.260 e. The molecule has 5 aliphatic rings. The van der Waals surface area contributed by atoms with E-state index in [-0.39, 0.29) is 43.2 Å². The SMILES string of the molecule is O=C(N[C@H]1CCCN2C(=O)COc3ccccc3C3CCC(CC3)OCC12)C1COCCO1. The zero-order valence-electron chi connectivity index (χ0n) is 19.1. The Bertz CT molecular complexity index is 834. The number of fused-ring (bicyclic) bond motifs is 5. The first-order valence-electron chi connectivity index (χ1n) is 12.3. The molecule has 2 amide bonds. The number of nitrogens with one attached hydrogen (secondary N) is 1. The standard InChI is InChI=1S/C25H34N2O6/c28-24-16-33-22-6-2-1-4-19(22)17-7-9-18(10-8-17)32-14-21-20(5-3-11-27(21)24)26-25(29)23-15-30-12-13-31-23/h1-2,4,6,17-18,20-21,23H,3,5,7-16H2,(H,26,29)/t17?,18?,20-,21?,23?/m0/s1. The molecular weight excluding hydrogens is 424 g/mol. The molecule has 1 saturated carbocycles. The van der Waals surface area contributed by atoms with Gasteiger partial charge in [-0.05, 0) is 56.1 Å². The molecule has 2 bridgehead atoms. The van der Waals surface area contributed by atoms with Crippen LogP contribution in [0.25, 0.3) is 0 Å². The van der Waals surface area contributed by atoms with Crippen molar-refractivity contribution in [1.29, 1.82) is 0 Å². The fraction of sp³-hybridized carbons (Fsp3) is 0.680. The molecule has 2 saturated heterocycles. The molecule has 8 nitrogen and oxygen atoms in total. The van der Waals surface area contributed by atoms with Gasteiger partial charge in [0.25, 0.3) is 11.8 Å². The van der Waals surface area contributed by atoms with Crippen LogP contribution in [0.2, 0.25) is 0 Å². The Balaban J connectivity index is 1.34. The maximum atomic E-state index is 13.3. The number of hydrogen-bond acceptors (Lipinski definition) is 6. The molecule has 4 aliphatic heterocycles. The summed E-state index contributed by atoms with van der Waals surface area (Å²) in [5, 5.41) is 3.13. The van der Waals surface area contributed by atoms with Crippen LogP contribution in [0.1, 0.15) is 50.0 Å². The summed E-state index contributed by atoms with van der Waals surface area (Å²) in [4.78, 5) is 27.9. The molecule has 33 heavy (non-hydrogen) atoms. The van der Waals surface area contributed by atoms with Gasteiger partial charge < -0.3 is 29.2 Å². The van der Waals surface area contributed by atoms with E-state index in [2.05, 4.69) is 11.4 Å². The number of hydrogen-bond donors (Lipinski definition) is 1. The number of carbonyl (C=O) groups excluding carboxylic acids is 2. The lowest BCUT2D eigenvalue weighted by Crippen LogP contribution is -2.61. The molecule has 3 atom stereocenters. The number of rotatable bonds is 2. The van der Waals surface area contributed by atoms with Crippen LogP contribution in [0.5, 0.6) is 5.75 Å². The van der Waals surface area contributed by atoms with Crippen molar-refractivity contribution >= 4 is 11.8 Å². The highest BCUT2D eigenvalue weighted by Gasteiger charge is 2.38. The quantitative estimate of drug-likeness (QED) is 0.730. The minimum atomic E-state index is -0.601. The third-order valence-electron chi connectivity index (χ3n) is 7.42. The third-order valence-corrected chi connectivity index (χ3v) is 7.42. The van der Waals surface area contributed by atoms with Crippen molar-refractivity contribution in [2.75, 3.05) is 39.6 Å².